The molecule has 3 rings (SSSR count). The Balaban J connectivity index is 1.77. The Kier molecular flexibility index (Phi) is 4.38. The molecule has 24 heavy (non-hydrogen) atoms. The van der Waals surface area contributed by atoms with Gasteiger partial charge >= 0.3 is 6.18 Å². The van der Waals surface area contributed by atoms with Crippen molar-refractivity contribution in [3.05, 3.63) is 71.8 Å². The number of hydrogen-bond acceptors (Lipinski definition) is 2. The van der Waals surface area contributed by atoms with E-state index < -0.39 is 11.7 Å². The molecular weight excluding hydrogens is 315 g/mol. The molecule has 0 fully saturated rings. The maximum atomic E-state index is 12.6. The first-order chi connectivity index (χ1) is 11.5. The molecule has 0 aliphatic rings. The minimum absolute atomic E-state index is 0.637. The van der Waals surface area contributed by atoms with E-state index in [1.165, 1.54) is 12.1 Å². The van der Waals surface area contributed by atoms with Crippen LogP contribution in [-0.2, 0) is 19.1 Å². The minimum atomic E-state index is -4.31. The first-order valence-corrected chi connectivity index (χ1v) is 7.60. The molecule has 3 aromatic rings. The van der Waals surface area contributed by atoms with Crippen molar-refractivity contribution in [1.29, 1.82) is 0 Å². The van der Waals surface area contributed by atoms with Gasteiger partial charge in [-0.25, -0.2) is 0 Å². The van der Waals surface area contributed by atoms with E-state index in [9.17, 15) is 13.2 Å². The van der Waals surface area contributed by atoms with Gasteiger partial charge in [0.25, 0.3) is 0 Å². The summed E-state index contributed by atoms with van der Waals surface area (Å²) >= 11 is 0. The third kappa shape index (κ3) is 3.48. The summed E-state index contributed by atoms with van der Waals surface area (Å²) in [6, 6.07) is 12.9. The molecule has 0 radical (unpaired) electrons. The fourth-order valence-corrected chi connectivity index (χ4v) is 2.54. The largest absolute Gasteiger partial charge is 0.416 e. The lowest BCUT2D eigenvalue weighted by Gasteiger charge is -2.09. The van der Waals surface area contributed by atoms with Crippen LogP contribution in [0.5, 0.6) is 0 Å². The van der Waals surface area contributed by atoms with E-state index in [2.05, 4.69) is 10.2 Å². The van der Waals surface area contributed by atoms with Crippen LogP contribution in [0.3, 0.4) is 0 Å². The Labute approximate surface area is 137 Å². The number of benzene rings is 2. The van der Waals surface area contributed by atoms with Gasteiger partial charge in [-0.3, -0.25) is 0 Å². The van der Waals surface area contributed by atoms with Crippen LogP contribution in [0.15, 0.2) is 54.9 Å². The average molecular weight is 331 g/mol. The Hall–Kier alpha value is -2.63. The van der Waals surface area contributed by atoms with Crippen molar-refractivity contribution in [3.63, 3.8) is 0 Å². The first kappa shape index (κ1) is 16.2. The van der Waals surface area contributed by atoms with Crippen LogP contribution >= 0.6 is 0 Å². The van der Waals surface area contributed by atoms with Gasteiger partial charge in [0.1, 0.15) is 12.2 Å². The molecule has 6 heteroatoms. The van der Waals surface area contributed by atoms with Crippen LogP contribution in [-0.4, -0.2) is 14.8 Å². The number of alkyl halides is 3. The Morgan fingerprint density at radius 3 is 2.04 bits per heavy atom. The second-order valence-corrected chi connectivity index (χ2v) is 5.50. The van der Waals surface area contributed by atoms with E-state index in [1.54, 1.807) is 6.33 Å². The molecule has 124 valence electrons. The van der Waals surface area contributed by atoms with Gasteiger partial charge in [-0.05, 0) is 28.8 Å². The van der Waals surface area contributed by atoms with Gasteiger partial charge in [-0.1, -0.05) is 43.3 Å². The number of aromatic nitrogens is 3. The summed E-state index contributed by atoms with van der Waals surface area (Å²) in [5, 5.41) is 7.95. The second-order valence-electron chi connectivity index (χ2n) is 5.50. The van der Waals surface area contributed by atoms with Crippen molar-refractivity contribution in [3.8, 4) is 11.1 Å². The molecule has 2 aromatic carbocycles. The molecule has 0 saturated heterocycles. The summed E-state index contributed by atoms with van der Waals surface area (Å²) in [6.07, 6.45) is -1.80. The summed E-state index contributed by atoms with van der Waals surface area (Å²) in [5.41, 5.74) is 2.09. The summed E-state index contributed by atoms with van der Waals surface area (Å²) in [6.45, 7) is 2.69. The zero-order valence-electron chi connectivity index (χ0n) is 13.1. The Bertz CT molecular complexity index is 803. The molecule has 1 heterocycles. The van der Waals surface area contributed by atoms with Crippen LogP contribution < -0.4 is 0 Å². The van der Waals surface area contributed by atoms with Crippen LogP contribution in [0.4, 0.5) is 13.2 Å². The number of nitrogens with zero attached hydrogens (tertiary/aromatic N) is 3. The average Bonchev–Trinajstić information content (AvgIpc) is 3.02. The molecular formula is C18H16F3N3. The molecule has 0 atom stereocenters. The Morgan fingerprint density at radius 2 is 1.50 bits per heavy atom. The normalized spacial score (nSPS) is 11.7. The highest BCUT2D eigenvalue weighted by molar-refractivity contribution is 5.64. The molecule has 0 bridgehead atoms. The molecule has 1 aromatic heterocycles. The third-order valence-corrected chi connectivity index (χ3v) is 3.86. The summed E-state index contributed by atoms with van der Waals surface area (Å²) in [7, 11) is 0. The van der Waals surface area contributed by atoms with Gasteiger partial charge in [-0.15, -0.1) is 10.2 Å². The lowest BCUT2D eigenvalue weighted by atomic mass is 10.0. The summed E-state index contributed by atoms with van der Waals surface area (Å²) in [5.74, 6) is 0.918. The van der Waals surface area contributed by atoms with Crippen LogP contribution in [0.1, 0.15) is 23.9 Å². The van der Waals surface area contributed by atoms with Crippen molar-refractivity contribution in [2.75, 3.05) is 0 Å². The standard InChI is InChI=1S/C18H16F3N3/c1-2-17-23-22-12-24(17)11-13-3-5-14(6-4-13)15-7-9-16(10-8-15)18(19,20)21/h3-10,12H,2,11H2,1H3. The topological polar surface area (TPSA) is 30.7 Å². The quantitative estimate of drug-likeness (QED) is 0.701. The van der Waals surface area contributed by atoms with E-state index >= 15 is 0 Å². The van der Waals surface area contributed by atoms with Crippen LogP contribution in [0.25, 0.3) is 11.1 Å². The molecule has 0 unspecified atom stereocenters. The van der Waals surface area contributed by atoms with Crippen LogP contribution in [0.2, 0.25) is 0 Å². The number of hydrogen-bond donors (Lipinski definition) is 0. The maximum Gasteiger partial charge on any atom is 0.416 e. The highest BCUT2D eigenvalue weighted by Crippen LogP contribution is 2.31. The lowest BCUT2D eigenvalue weighted by molar-refractivity contribution is -0.137. The van der Waals surface area contributed by atoms with Crippen LogP contribution in [0, 0.1) is 0 Å². The maximum absolute atomic E-state index is 12.6. The lowest BCUT2D eigenvalue weighted by Crippen LogP contribution is -2.04. The van der Waals surface area contributed by atoms with E-state index in [1.807, 2.05) is 35.8 Å². The predicted molar refractivity (Wildman–Crippen MR) is 85.4 cm³/mol. The molecule has 0 aliphatic carbocycles. The summed E-state index contributed by atoms with van der Waals surface area (Å²) < 4.78 is 39.8. The SMILES string of the molecule is CCc1nncn1Cc1ccc(-c2ccc(C(F)(F)F)cc2)cc1. The molecule has 0 amide bonds. The first-order valence-electron chi connectivity index (χ1n) is 7.60. The van der Waals surface area contributed by atoms with Gasteiger partial charge in [-0.2, -0.15) is 13.2 Å². The van der Waals surface area contributed by atoms with Crippen molar-refractivity contribution in [1.82, 2.24) is 14.8 Å². The van der Waals surface area contributed by atoms with Crippen molar-refractivity contribution in [2.24, 2.45) is 0 Å². The minimum Gasteiger partial charge on any atom is -0.313 e. The zero-order valence-corrected chi connectivity index (χ0v) is 13.1. The molecule has 0 N–H and O–H groups in total. The van der Waals surface area contributed by atoms with Crippen molar-refractivity contribution >= 4 is 0 Å². The highest BCUT2D eigenvalue weighted by atomic mass is 19.4. The van der Waals surface area contributed by atoms with Gasteiger partial charge in [0.05, 0.1) is 12.1 Å². The fourth-order valence-electron chi connectivity index (χ4n) is 2.54. The Morgan fingerprint density at radius 1 is 0.917 bits per heavy atom. The molecule has 0 aliphatic heterocycles. The van der Waals surface area contributed by atoms with Crippen molar-refractivity contribution < 1.29 is 13.2 Å². The second kappa shape index (κ2) is 6.47. The molecule has 0 spiro atoms. The predicted octanol–water partition coefficient (Wildman–Crippen LogP) is 4.57. The number of aryl methyl sites for hydroxylation is 1. The van der Waals surface area contributed by atoms with Crippen molar-refractivity contribution in [2.45, 2.75) is 26.1 Å². The van der Waals surface area contributed by atoms with Gasteiger partial charge < -0.3 is 4.57 Å². The zero-order chi connectivity index (χ0) is 17.2. The highest BCUT2D eigenvalue weighted by Gasteiger charge is 2.29. The van der Waals surface area contributed by atoms with E-state index in [0.29, 0.717) is 6.54 Å². The van der Waals surface area contributed by atoms with E-state index in [4.69, 9.17) is 0 Å². The third-order valence-electron chi connectivity index (χ3n) is 3.86. The smallest absolute Gasteiger partial charge is 0.313 e. The van der Waals surface area contributed by atoms with Gasteiger partial charge in [0, 0.05) is 6.42 Å². The molecule has 0 saturated carbocycles. The molecule has 3 nitrogen and oxygen atoms in total. The fraction of sp³-hybridized carbons (Fsp3) is 0.222. The van der Waals surface area contributed by atoms with Gasteiger partial charge in [0.15, 0.2) is 0 Å². The van der Waals surface area contributed by atoms with E-state index in [0.717, 1.165) is 41.1 Å². The summed E-state index contributed by atoms with van der Waals surface area (Å²) in [4.78, 5) is 0. The van der Waals surface area contributed by atoms with E-state index in [-0.39, 0.29) is 0 Å². The monoisotopic (exact) mass is 331 g/mol. The van der Waals surface area contributed by atoms with Gasteiger partial charge in [0.2, 0.25) is 0 Å². The number of halogens is 3. The number of rotatable bonds is 4.